The van der Waals surface area contributed by atoms with Gasteiger partial charge < -0.3 is 0 Å². The summed E-state index contributed by atoms with van der Waals surface area (Å²) in [7, 11) is 2.06. The molecule has 0 saturated carbocycles. The van der Waals surface area contributed by atoms with Crippen molar-refractivity contribution in [3.8, 4) is 10.6 Å². The molecule has 5 aromatic rings. The van der Waals surface area contributed by atoms with E-state index in [2.05, 4.69) is 49.7 Å². The number of fused-ring (bicyclic) bond motifs is 3. The van der Waals surface area contributed by atoms with Crippen molar-refractivity contribution in [1.29, 1.82) is 0 Å². The van der Waals surface area contributed by atoms with Crippen molar-refractivity contribution in [2.45, 2.75) is 13.8 Å². The molecule has 5 rings (SSSR count). The number of hydrogen-bond acceptors (Lipinski definition) is 4. The SMILES string of the molecule is Cc1nc2nc3ccccc3nc2[n+](C)c1-c1sc2ccccc2c1C. The molecule has 0 aliphatic rings. The minimum atomic E-state index is 0.686. The largest absolute Gasteiger partial charge is 0.369 e. The first kappa shape index (κ1) is 15.3. The van der Waals surface area contributed by atoms with Gasteiger partial charge in [0.1, 0.15) is 5.52 Å². The van der Waals surface area contributed by atoms with Gasteiger partial charge in [0.25, 0.3) is 0 Å². The summed E-state index contributed by atoms with van der Waals surface area (Å²) in [5.74, 6) is 0. The zero-order chi connectivity index (χ0) is 17.8. The Morgan fingerprint density at radius 3 is 2.31 bits per heavy atom. The summed E-state index contributed by atoms with van der Waals surface area (Å²) >= 11 is 1.81. The van der Waals surface area contributed by atoms with Crippen molar-refractivity contribution in [1.82, 2.24) is 15.0 Å². The summed E-state index contributed by atoms with van der Waals surface area (Å²) in [5.41, 5.74) is 6.63. The van der Waals surface area contributed by atoms with E-state index in [0.717, 1.165) is 28.1 Å². The van der Waals surface area contributed by atoms with Crippen LogP contribution in [0.1, 0.15) is 11.3 Å². The number of para-hydroxylation sites is 2. The highest BCUT2D eigenvalue weighted by Gasteiger charge is 2.23. The molecule has 0 radical (unpaired) electrons. The van der Waals surface area contributed by atoms with Gasteiger partial charge in [0, 0.05) is 4.70 Å². The van der Waals surface area contributed by atoms with Crippen LogP contribution in [0.4, 0.5) is 0 Å². The maximum Gasteiger partial charge on any atom is 0.369 e. The topological polar surface area (TPSA) is 42.6 Å². The molecule has 0 spiro atoms. The number of benzene rings is 2. The maximum absolute atomic E-state index is 4.83. The molecule has 126 valence electrons. The molecule has 3 aromatic heterocycles. The van der Waals surface area contributed by atoms with Crippen LogP contribution in [0.15, 0.2) is 48.5 Å². The van der Waals surface area contributed by atoms with Crippen molar-refractivity contribution < 1.29 is 4.57 Å². The minimum Gasteiger partial charge on any atom is -0.222 e. The molecular weight excluding hydrogens is 340 g/mol. The van der Waals surface area contributed by atoms with E-state index in [9.17, 15) is 0 Å². The fourth-order valence-corrected chi connectivity index (χ4v) is 4.90. The molecule has 5 heteroatoms. The third-order valence-corrected chi connectivity index (χ3v) is 6.14. The minimum absolute atomic E-state index is 0.686. The highest BCUT2D eigenvalue weighted by atomic mass is 32.1. The van der Waals surface area contributed by atoms with Crippen LogP contribution < -0.4 is 4.57 Å². The molecule has 0 fully saturated rings. The summed E-state index contributed by atoms with van der Waals surface area (Å²) in [4.78, 5) is 15.6. The zero-order valence-corrected chi connectivity index (χ0v) is 15.6. The Morgan fingerprint density at radius 1 is 0.846 bits per heavy atom. The Labute approximate surface area is 154 Å². The van der Waals surface area contributed by atoms with Gasteiger partial charge in [-0.05, 0) is 48.0 Å². The van der Waals surface area contributed by atoms with Crippen LogP contribution >= 0.6 is 11.3 Å². The number of aryl methyl sites for hydroxylation is 3. The second-order valence-electron chi connectivity index (χ2n) is 6.52. The van der Waals surface area contributed by atoms with Gasteiger partial charge in [0.05, 0.1) is 17.6 Å². The zero-order valence-electron chi connectivity index (χ0n) is 14.8. The molecule has 2 aromatic carbocycles. The second kappa shape index (κ2) is 5.54. The molecular formula is C21H17N4S+. The van der Waals surface area contributed by atoms with E-state index in [1.807, 2.05) is 35.6 Å². The average molecular weight is 357 g/mol. The molecule has 0 unspecified atom stereocenters. The van der Waals surface area contributed by atoms with Gasteiger partial charge in [-0.2, -0.15) is 0 Å². The van der Waals surface area contributed by atoms with Crippen LogP contribution in [-0.2, 0) is 7.05 Å². The molecule has 0 atom stereocenters. The quantitative estimate of drug-likeness (QED) is 0.328. The van der Waals surface area contributed by atoms with Crippen LogP contribution in [0.25, 0.3) is 43.0 Å². The van der Waals surface area contributed by atoms with Crippen LogP contribution in [-0.4, -0.2) is 15.0 Å². The molecule has 0 N–H and O–H groups in total. The third-order valence-electron chi connectivity index (χ3n) is 4.86. The average Bonchev–Trinajstić information content (AvgIpc) is 2.97. The van der Waals surface area contributed by atoms with Crippen LogP contribution in [0.2, 0.25) is 0 Å². The van der Waals surface area contributed by atoms with Crippen molar-refractivity contribution >= 4 is 43.8 Å². The first-order valence-corrected chi connectivity index (χ1v) is 9.37. The summed E-state index contributed by atoms with van der Waals surface area (Å²) in [6.45, 7) is 4.24. The van der Waals surface area contributed by atoms with Gasteiger partial charge in [-0.1, -0.05) is 30.3 Å². The summed E-state index contributed by atoms with van der Waals surface area (Å²) in [6, 6.07) is 16.5. The van der Waals surface area contributed by atoms with Gasteiger partial charge in [-0.15, -0.1) is 11.3 Å². The van der Waals surface area contributed by atoms with Crippen LogP contribution in [0, 0.1) is 13.8 Å². The van der Waals surface area contributed by atoms with E-state index in [-0.39, 0.29) is 0 Å². The number of thiophene rings is 1. The lowest BCUT2D eigenvalue weighted by molar-refractivity contribution is -0.636. The lowest BCUT2D eigenvalue weighted by atomic mass is 10.1. The predicted octanol–water partition coefficient (Wildman–Crippen LogP) is 4.50. The first-order chi connectivity index (χ1) is 12.6. The highest BCUT2D eigenvalue weighted by Crippen LogP contribution is 2.37. The lowest BCUT2D eigenvalue weighted by Crippen LogP contribution is -2.35. The summed E-state index contributed by atoms with van der Waals surface area (Å²) < 4.78 is 3.43. The number of rotatable bonds is 1. The summed E-state index contributed by atoms with van der Waals surface area (Å²) in [5, 5.41) is 1.30. The van der Waals surface area contributed by atoms with Crippen LogP contribution in [0.5, 0.6) is 0 Å². The molecule has 0 amide bonds. The molecule has 0 aliphatic carbocycles. The van der Waals surface area contributed by atoms with E-state index in [1.165, 1.54) is 20.5 Å². The normalized spacial score (nSPS) is 11.7. The lowest BCUT2D eigenvalue weighted by Gasteiger charge is -2.07. The van der Waals surface area contributed by atoms with E-state index < -0.39 is 0 Å². The van der Waals surface area contributed by atoms with E-state index >= 15 is 0 Å². The Hall–Kier alpha value is -2.92. The monoisotopic (exact) mass is 357 g/mol. The Balaban J connectivity index is 1.87. The van der Waals surface area contributed by atoms with Crippen molar-refractivity contribution in [3.05, 3.63) is 59.8 Å². The van der Waals surface area contributed by atoms with E-state index in [4.69, 9.17) is 15.0 Å². The third kappa shape index (κ3) is 2.14. The standard InChI is InChI=1S/C21H17N4S/c1-12-14-8-4-7-11-17(14)26-19(12)18-13(2)22-20-21(25(18)3)24-16-10-6-5-9-15(16)23-20/h4-11H,1-3H3/q+1. The highest BCUT2D eigenvalue weighted by molar-refractivity contribution is 7.22. The molecule has 4 nitrogen and oxygen atoms in total. The van der Waals surface area contributed by atoms with E-state index in [0.29, 0.717) is 5.65 Å². The van der Waals surface area contributed by atoms with E-state index in [1.54, 1.807) is 0 Å². The Kier molecular flexibility index (Phi) is 3.27. The van der Waals surface area contributed by atoms with Gasteiger partial charge in [0.2, 0.25) is 11.2 Å². The number of aromatic nitrogens is 4. The van der Waals surface area contributed by atoms with Gasteiger partial charge >= 0.3 is 5.65 Å². The van der Waals surface area contributed by atoms with Crippen molar-refractivity contribution in [2.75, 3.05) is 0 Å². The van der Waals surface area contributed by atoms with Crippen molar-refractivity contribution in [3.63, 3.8) is 0 Å². The first-order valence-electron chi connectivity index (χ1n) is 8.55. The number of hydrogen-bond donors (Lipinski definition) is 0. The fourth-order valence-electron chi connectivity index (χ4n) is 3.56. The molecule has 0 saturated heterocycles. The molecule has 0 aliphatic heterocycles. The molecule has 3 heterocycles. The molecule has 0 bridgehead atoms. The van der Waals surface area contributed by atoms with Gasteiger partial charge in [-0.25, -0.2) is 14.5 Å². The maximum atomic E-state index is 4.83. The fraction of sp³-hybridized carbons (Fsp3) is 0.143. The van der Waals surface area contributed by atoms with Gasteiger partial charge in [0.15, 0.2) is 5.69 Å². The number of nitrogens with zero attached hydrogens (tertiary/aromatic N) is 4. The smallest absolute Gasteiger partial charge is 0.222 e. The molecule has 26 heavy (non-hydrogen) atoms. The summed E-state index contributed by atoms with van der Waals surface area (Å²) in [6.07, 6.45) is 0. The van der Waals surface area contributed by atoms with Crippen LogP contribution in [0.3, 0.4) is 0 Å². The second-order valence-corrected chi connectivity index (χ2v) is 7.57. The predicted molar refractivity (Wildman–Crippen MR) is 106 cm³/mol. The van der Waals surface area contributed by atoms with Gasteiger partial charge in [-0.3, -0.25) is 0 Å². The Bertz CT molecular complexity index is 1320. The Morgan fingerprint density at radius 2 is 1.54 bits per heavy atom. The van der Waals surface area contributed by atoms with Crippen molar-refractivity contribution in [2.24, 2.45) is 7.05 Å².